The number of nitrogens with zero attached hydrogens (tertiary/aromatic N) is 3. The summed E-state index contributed by atoms with van der Waals surface area (Å²) in [5, 5.41) is 16.0. The van der Waals surface area contributed by atoms with Gasteiger partial charge >= 0.3 is 5.69 Å². The molecule has 1 aromatic heterocycles. The van der Waals surface area contributed by atoms with E-state index in [0.29, 0.717) is 6.54 Å². The monoisotopic (exact) mass is 248 g/mol. The fourth-order valence-electron chi connectivity index (χ4n) is 1.83. The van der Waals surface area contributed by atoms with Gasteiger partial charge in [0.1, 0.15) is 0 Å². The predicted octanol–water partition coefficient (Wildman–Crippen LogP) is 2.57. The smallest absolute Gasteiger partial charge is 0.313 e. The van der Waals surface area contributed by atoms with Gasteiger partial charge in [0.25, 0.3) is 0 Å². The lowest BCUT2D eigenvalue weighted by Gasteiger charge is -2.04. The summed E-state index contributed by atoms with van der Waals surface area (Å²) in [6.45, 7) is 2.68. The zero-order chi connectivity index (χ0) is 13.1. The van der Waals surface area contributed by atoms with Crippen molar-refractivity contribution in [2.45, 2.75) is 19.9 Å². The van der Waals surface area contributed by atoms with Crippen LogP contribution in [-0.4, -0.2) is 21.8 Å². The van der Waals surface area contributed by atoms with Crippen molar-refractivity contribution < 1.29 is 9.66 Å². The van der Waals surface area contributed by atoms with E-state index in [2.05, 4.69) is 5.10 Å². The van der Waals surface area contributed by atoms with Crippen molar-refractivity contribution in [3.63, 3.8) is 0 Å². The summed E-state index contributed by atoms with van der Waals surface area (Å²) in [4.78, 5) is 10.5. The van der Waals surface area contributed by atoms with Gasteiger partial charge in [0.15, 0.2) is 5.75 Å². The van der Waals surface area contributed by atoms with E-state index in [4.69, 9.17) is 4.74 Å². The summed E-state index contributed by atoms with van der Waals surface area (Å²) in [6, 6.07) is 3.16. The molecule has 0 aliphatic heterocycles. The summed E-state index contributed by atoms with van der Waals surface area (Å²) >= 11 is 0. The Morgan fingerprint density at radius 2 is 2.33 bits per heavy atom. The Bertz CT molecular complexity index is 577. The number of methoxy groups -OCH3 is 1. The van der Waals surface area contributed by atoms with Crippen molar-refractivity contribution in [2.24, 2.45) is 0 Å². The molecule has 0 spiro atoms. The van der Waals surface area contributed by atoms with E-state index in [1.807, 2.05) is 13.3 Å². The van der Waals surface area contributed by atoms with Gasteiger partial charge in [0.2, 0.25) is 0 Å². The number of benzene rings is 1. The zero-order valence-electron chi connectivity index (χ0n) is 10.3. The Balaban J connectivity index is 2.53. The molecular weight excluding hydrogens is 234 g/mol. The second-order valence-corrected chi connectivity index (χ2v) is 3.90. The highest BCUT2D eigenvalue weighted by atomic mass is 16.6. The van der Waals surface area contributed by atoms with Crippen LogP contribution in [0.2, 0.25) is 0 Å². The van der Waals surface area contributed by atoms with Crippen molar-refractivity contribution >= 4 is 16.6 Å². The van der Waals surface area contributed by atoms with Crippen molar-refractivity contribution in [3.8, 4) is 5.75 Å². The average molecular weight is 248 g/mol. The largest absolute Gasteiger partial charge is 0.490 e. The summed E-state index contributed by atoms with van der Waals surface area (Å²) < 4.78 is 6.79. The van der Waals surface area contributed by atoms with Crippen LogP contribution in [0.1, 0.15) is 13.3 Å². The highest BCUT2D eigenvalue weighted by Crippen LogP contribution is 2.31. The first-order valence-electron chi connectivity index (χ1n) is 5.63. The van der Waals surface area contributed by atoms with Gasteiger partial charge in [0.05, 0.1) is 23.7 Å². The van der Waals surface area contributed by atoms with Crippen LogP contribution in [0.5, 0.6) is 5.75 Å². The van der Waals surface area contributed by atoms with Gasteiger partial charge in [0, 0.05) is 18.0 Å². The van der Waals surface area contributed by atoms with E-state index < -0.39 is 4.92 Å². The molecule has 18 heavy (non-hydrogen) atoms. The van der Waals surface area contributed by atoms with Gasteiger partial charge < -0.3 is 4.74 Å². The highest BCUT2D eigenvalue weighted by Gasteiger charge is 2.17. The number of nitro groups is 1. The van der Waals surface area contributed by atoms with Gasteiger partial charge in [-0.1, -0.05) is 6.92 Å². The second-order valence-electron chi connectivity index (χ2n) is 3.90. The molecule has 0 atom stereocenters. The fourth-order valence-corrected chi connectivity index (χ4v) is 1.83. The summed E-state index contributed by atoms with van der Waals surface area (Å²) in [5.74, 6) is 0.258. The Labute approximate surface area is 104 Å². The number of unbranched alkanes of at least 4 members (excludes halogenated alkanes) is 1. The second kappa shape index (κ2) is 5.03. The van der Waals surface area contributed by atoms with Crippen LogP contribution in [0, 0.1) is 16.5 Å². The first-order valence-corrected chi connectivity index (χ1v) is 5.63. The lowest BCUT2D eigenvalue weighted by molar-refractivity contribution is -0.385. The summed E-state index contributed by atoms with van der Waals surface area (Å²) in [5.41, 5.74) is 0.719. The molecular formula is C12H14N3O3. The predicted molar refractivity (Wildman–Crippen MR) is 67.5 cm³/mol. The summed E-state index contributed by atoms with van der Waals surface area (Å²) in [7, 11) is 1.42. The molecule has 0 saturated heterocycles. The van der Waals surface area contributed by atoms with E-state index in [0.717, 1.165) is 17.3 Å². The molecule has 0 saturated carbocycles. The van der Waals surface area contributed by atoms with Crippen LogP contribution in [0.15, 0.2) is 18.3 Å². The molecule has 1 heterocycles. The lowest BCUT2D eigenvalue weighted by Crippen LogP contribution is -2.00. The molecule has 1 radical (unpaired) electrons. The minimum Gasteiger partial charge on any atom is -0.490 e. The third-order valence-corrected chi connectivity index (χ3v) is 2.77. The molecule has 2 aromatic rings. The number of aryl methyl sites for hydroxylation is 1. The SMILES string of the molecule is C[CH]CCn1ncc2cc(OC)c([N+](=O)[O-])cc21. The molecule has 0 aliphatic rings. The fraction of sp³-hybridized carbons (Fsp3) is 0.333. The van der Waals surface area contributed by atoms with E-state index in [1.165, 1.54) is 13.2 Å². The maximum atomic E-state index is 11.0. The Kier molecular flexibility index (Phi) is 3.45. The van der Waals surface area contributed by atoms with Crippen molar-refractivity contribution in [2.75, 3.05) is 7.11 Å². The molecule has 0 bridgehead atoms. The van der Waals surface area contributed by atoms with Gasteiger partial charge in [-0.25, -0.2) is 0 Å². The quantitative estimate of drug-likeness (QED) is 0.602. The van der Waals surface area contributed by atoms with E-state index in [9.17, 15) is 10.1 Å². The number of nitro benzene ring substituents is 1. The van der Waals surface area contributed by atoms with Crippen molar-refractivity contribution in [1.29, 1.82) is 0 Å². The molecule has 0 amide bonds. The average Bonchev–Trinajstić information content (AvgIpc) is 2.76. The molecule has 6 heteroatoms. The van der Waals surface area contributed by atoms with Crippen LogP contribution in [0.25, 0.3) is 10.9 Å². The van der Waals surface area contributed by atoms with Gasteiger partial charge in [-0.15, -0.1) is 0 Å². The summed E-state index contributed by atoms with van der Waals surface area (Å²) in [6.07, 6.45) is 4.60. The number of hydrogen-bond acceptors (Lipinski definition) is 4. The molecule has 0 fully saturated rings. The maximum Gasteiger partial charge on any atom is 0.313 e. The molecule has 0 unspecified atom stereocenters. The van der Waals surface area contributed by atoms with Gasteiger partial charge in [-0.05, 0) is 18.9 Å². The molecule has 1 aromatic carbocycles. The molecule has 0 N–H and O–H groups in total. The van der Waals surface area contributed by atoms with E-state index in [1.54, 1.807) is 16.9 Å². The Morgan fingerprint density at radius 1 is 1.56 bits per heavy atom. The standard InChI is InChI=1S/C12H14N3O3/c1-3-4-5-14-10-7-11(15(16)17)12(18-2)6-9(10)8-13-14/h3,6-8H,4-5H2,1-2H3. The normalized spacial score (nSPS) is 10.8. The molecule has 0 aliphatic carbocycles. The number of fused-ring (bicyclic) bond motifs is 1. The number of aromatic nitrogens is 2. The van der Waals surface area contributed by atoms with Gasteiger partial charge in [-0.3, -0.25) is 14.8 Å². The number of ether oxygens (including phenoxy) is 1. The highest BCUT2D eigenvalue weighted by molar-refractivity contribution is 5.84. The van der Waals surface area contributed by atoms with Crippen LogP contribution in [0.4, 0.5) is 5.69 Å². The lowest BCUT2D eigenvalue weighted by atomic mass is 10.2. The van der Waals surface area contributed by atoms with Crippen LogP contribution in [0.3, 0.4) is 0 Å². The minimum absolute atomic E-state index is 0.0350. The van der Waals surface area contributed by atoms with Crippen LogP contribution < -0.4 is 4.74 Å². The third kappa shape index (κ3) is 2.13. The third-order valence-electron chi connectivity index (χ3n) is 2.77. The van der Waals surface area contributed by atoms with Crippen LogP contribution >= 0.6 is 0 Å². The van der Waals surface area contributed by atoms with Crippen molar-refractivity contribution in [3.05, 3.63) is 34.9 Å². The first kappa shape index (κ1) is 12.3. The van der Waals surface area contributed by atoms with E-state index >= 15 is 0 Å². The molecule has 6 nitrogen and oxygen atoms in total. The molecule has 95 valence electrons. The van der Waals surface area contributed by atoms with Gasteiger partial charge in [-0.2, -0.15) is 5.10 Å². The first-order chi connectivity index (χ1) is 8.67. The van der Waals surface area contributed by atoms with Crippen LogP contribution in [-0.2, 0) is 6.54 Å². The zero-order valence-corrected chi connectivity index (χ0v) is 10.3. The maximum absolute atomic E-state index is 11.0. The molecule has 2 rings (SSSR count). The Hall–Kier alpha value is -2.11. The number of hydrogen-bond donors (Lipinski definition) is 0. The minimum atomic E-state index is -0.443. The number of rotatable bonds is 5. The van der Waals surface area contributed by atoms with Crippen molar-refractivity contribution in [1.82, 2.24) is 9.78 Å². The Morgan fingerprint density at radius 3 is 2.94 bits per heavy atom. The van der Waals surface area contributed by atoms with E-state index in [-0.39, 0.29) is 11.4 Å². The topological polar surface area (TPSA) is 70.2 Å².